The Balaban J connectivity index is 2.00. The first-order valence-electron chi connectivity index (χ1n) is 8.67. The first-order chi connectivity index (χ1) is 10.7. The topological polar surface area (TPSA) is 47.4 Å². The molecular formula is C18H31N3O2. The van der Waals surface area contributed by atoms with Gasteiger partial charge in [-0.3, -0.25) is 9.48 Å². The molecule has 0 bridgehead atoms. The monoisotopic (exact) mass is 321 g/mol. The van der Waals surface area contributed by atoms with E-state index >= 15 is 0 Å². The van der Waals surface area contributed by atoms with Crippen molar-refractivity contribution >= 4 is 5.91 Å². The van der Waals surface area contributed by atoms with Crippen LogP contribution in [0.3, 0.4) is 0 Å². The molecule has 0 unspecified atom stereocenters. The summed E-state index contributed by atoms with van der Waals surface area (Å²) in [5, 5.41) is 4.44. The molecule has 5 heteroatoms. The molecule has 5 nitrogen and oxygen atoms in total. The normalized spacial score (nSPS) is 20.5. The van der Waals surface area contributed by atoms with Crippen molar-refractivity contribution in [2.45, 2.75) is 71.9 Å². The van der Waals surface area contributed by atoms with Crippen LogP contribution in [0.4, 0.5) is 0 Å². The van der Waals surface area contributed by atoms with Gasteiger partial charge >= 0.3 is 0 Å². The Kier molecular flexibility index (Phi) is 5.50. The molecular weight excluding hydrogens is 290 g/mol. The van der Waals surface area contributed by atoms with Gasteiger partial charge in [-0.15, -0.1) is 0 Å². The number of aromatic nitrogens is 2. The van der Waals surface area contributed by atoms with E-state index in [1.54, 1.807) is 0 Å². The summed E-state index contributed by atoms with van der Waals surface area (Å²) in [6.45, 7) is 11.9. The molecule has 2 heterocycles. The van der Waals surface area contributed by atoms with Crippen LogP contribution < -0.4 is 0 Å². The van der Waals surface area contributed by atoms with Crippen molar-refractivity contribution in [3.05, 3.63) is 17.0 Å². The Morgan fingerprint density at radius 1 is 1.43 bits per heavy atom. The molecule has 1 saturated heterocycles. The van der Waals surface area contributed by atoms with Crippen LogP contribution in [-0.4, -0.2) is 45.4 Å². The van der Waals surface area contributed by atoms with Crippen LogP contribution in [0.25, 0.3) is 0 Å². The number of hydrogen-bond donors (Lipinski definition) is 0. The third kappa shape index (κ3) is 4.14. The van der Waals surface area contributed by atoms with Gasteiger partial charge in [0.15, 0.2) is 0 Å². The number of hydrogen-bond acceptors (Lipinski definition) is 3. The Morgan fingerprint density at radius 2 is 2.13 bits per heavy atom. The van der Waals surface area contributed by atoms with E-state index in [0.29, 0.717) is 12.5 Å². The van der Waals surface area contributed by atoms with Gasteiger partial charge in [0.05, 0.1) is 11.3 Å². The minimum atomic E-state index is -0.132. The van der Waals surface area contributed by atoms with E-state index in [9.17, 15) is 4.79 Å². The van der Waals surface area contributed by atoms with Crippen molar-refractivity contribution in [2.75, 3.05) is 13.2 Å². The largest absolute Gasteiger partial charge is 0.375 e. The second-order valence-electron chi connectivity index (χ2n) is 7.21. The highest BCUT2D eigenvalue weighted by Crippen LogP contribution is 2.28. The van der Waals surface area contributed by atoms with Crippen molar-refractivity contribution in [2.24, 2.45) is 7.05 Å². The van der Waals surface area contributed by atoms with Gasteiger partial charge in [-0.05, 0) is 59.4 Å². The first kappa shape index (κ1) is 18.0. The Bertz CT molecular complexity index is 563. The van der Waals surface area contributed by atoms with E-state index in [0.717, 1.165) is 43.8 Å². The molecule has 0 aromatic carbocycles. The molecule has 1 atom stereocenters. The van der Waals surface area contributed by atoms with Crippen LogP contribution >= 0.6 is 0 Å². The van der Waals surface area contributed by atoms with E-state index < -0.39 is 0 Å². The van der Waals surface area contributed by atoms with Gasteiger partial charge < -0.3 is 9.64 Å². The van der Waals surface area contributed by atoms with Gasteiger partial charge in [-0.25, -0.2) is 0 Å². The van der Waals surface area contributed by atoms with E-state index in [2.05, 4.69) is 32.8 Å². The highest BCUT2D eigenvalue weighted by atomic mass is 16.5. The van der Waals surface area contributed by atoms with Crippen molar-refractivity contribution < 1.29 is 9.53 Å². The fourth-order valence-corrected chi connectivity index (χ4v) is 3.66. The van der Waals surface area contributed by atoms with Crippen LogP contribution in [0.15, 0.2) is 0 Å². The first-order valence-corrected chi connectivity index (χ1v) is 8.67. The van der Waals surface area contributed by atoms with Gasteiger partial charge in [0.25, 0.3) is 0 Å². The number of amides is 1. The summed E-state index contributed by atoms with van der Waals surface area (Å²) < 4.78 is 7.68. The summed E-state index contributed by atoms with van der Waals surface area (Å²) in [5.74, 6) is 0.248. The minimum absolute atomic E-state index is 0.132. The zero-order valence-electron chi connectivity index (χ0n) is 15.5. The van der Waals surface area contributed by atoms with Crippen molar-refractivity contribution in [1.82, 2.24) is 14.7 Å². The molecule has 0 spiro atoms. The van der Waals surface area contributed by atoms with E-state index in [-0.39, 0.29) is 11.5 Å². The number of carbonyl (C=O) groups excluding carboxylic acids is 1. The van der Waals surface area contributed by atoms with E-state index in [1.807, 2.05) is 23.6 Å². The summed E-state index contributed by atoms with van der Waals surface area (Å²) >= 11 is 0. The molecule has 0 aliphatic carbocycles. The maximum atomic E-state index is 12.7. The average molecular weight is 321 g/mol. The van der Waals surface area contributed by atoms with Crippen molar-refractivity contribution in [1.29, 1.82) is 0 Å². The van der Waals surface area contributed by atoms with Crippen LogP contribution in [0.5, 0.6) is 0 Å². The lowest BCUT2D eigenvalue weighted by Gasteiger charge is -2.41. The third-order valence-corrected chi connectivity index (χ3v) is 5.02. The Morgan fingerprint density at radius 3 is 2.65 bits per heavy atom. The summed E-state index contributed by atoms with van der Waals surface area (Å²) in [7, 11) is 1.95. The molecule has 1 aromatic heterocycles. The van der Waals surface area contributed by atoms with Crippen LogP contribution in [0, 0.1) is 13.8 Å². The smallest absolute Gasteiger partial charge is 0.223 e. The molecule has 0 radical (unpaired) electrons. The van der Waals surface area contributed by atoms with Crippen molar-refractivity contribution in [3.8, 4) is 0 Å². The number of rotatable bonds is 5. The van der Waals surface area contributed by atoms with Gasteiger partial charge in [0.1, 0.15) is 0 Å². The lowest BCUT2D eigenvalue weighted by Crippen LogP contribution is -2.48. The van der Waals surface area contributed by atoms with Gasteiger partial charge in [0.2, 0.25) is 5.91 Å². The summed E-state index contributed by atoms with van der Waals surface area (Å²) in [6, 6.07) is 0.298. The van der Waals surface area contributed by atoms with Crippen molar-refractivity contribution in [3.63, 3.8) is 0 Å². The molecule has 1 fully saturated rings. The lowest BCUT2D eigenvalue weighted by molar-refractivity contribution is -0.139. The molecule has 1 amide bonds. The zero-order valence-corrected chi connectivity index (χ0v) is 15.5. The van der Waals surface area contributed by atoms with E-state index in [4.69, 9.17) is 4.74 Å². The minimum Gasteiger partial charge on any atom is -0.375 e. The fraction of sp³-hybridized carbons (Fsp3) is 0.778. The number of nitrogens with zero attached hydrogens (tertiary/aromatic N) is 3. The van der Waals surface area contributed by atoms with Gasteiger partial charge in [0, 0.05) is 38.4 Å². The second kappa shape index (κ2) is 7.04. The SMILES string of the molecule is CCN(C(=O)CCc1c(C)nn(C)c1C)[C@@H]1CCOC(C)(C)C1. The Labute approximate surface area is 140 Å². The molecule has 1 aromatic rings. The highest BCUT2D eigenvalue weighted by molar-refractivity contribution is 5.76. The number of ether oxygens (including phenoxy) is 1. The van der Waals surface area contributed by atoms with Gasteiger partial charge in [-0.1, -0.05) is 0 Å². The standard InChI is InChI=1S/C18H31N3O2/c1-7-21(15-10-11-23-18(4,5)12-15)17(22)9-8-16-13(2)19-20(6)14(16)3/h15H,7-12H2,1-6H3/t15-/m1/s1. The van der Waals surface area contributed by atoms with Gasteiger partial charge in [-0.2, -0.15) is 5.10 Å². The molecule has 0 N–H and O–H groups in total. The molecule has 2 rings (SSSR count). The quantitative estimate of drug-likeness (QED) is 0.838. The maximum Gasteiger partial charge on any atom is 0.223 e. The summed E-state index contributed by atoms with van der Waals surface area (Å²) in [4.78, 5) is 14.8. The molecule has 1 aliphatic heterocycles. The van der Waals surface area contributed by atoms with Crippen LogP contribution in [0.2, 0.25) is 0 Å². The van der Waals surface area contributed by atoms with E-state index in [1.165, 1.54) is 5.56 Å². The van der Waals surface area contributed by atoms with Crippen LogP contribution in [0.1, 0.15) is 57.0 Å². The molecule has 1 aliphatic rings. The third-order valence-electron chi connectivity index (χ3n) is 5.02. The summed E-state index contributed by atoms with van der Waals surface area (Å²) in [5.41, 5.74) is 3.27. The lowest BCUT2D eigenvalue weighted by atomic mass is 9.92. The average Bonchev–Trinajstić information content (AvgIpc) is 2.70. The number of carbonyl (C=O) groups is 1. The Hall–Kier alpha value is -1.36. The highest BCUT2D eigenvalue weighted by Gasteiger charge is 2.33. The number of aryl methyl sites for hydroxylation is 2. The predicted octanol–water partition coefficient (Wildman–Crippen LogP) is 2.78. The molecule has 0 saturated carbocycles. The van der Waals surface area contributed by atoms with Crippen LogP contribution in [-0.2, 0) is 23.0 Å². The molecule has 23 heavy (non-hydrogen) atoms. The summed E-state index contributed by atoms with van der Waals surface area (Å²) in [6.07, 6.45) is 3.18. The maximum absolute atomic E-state index is 12.7. The fourth-order valence-electron chi connectivity index (χ4n) is 3.66. The predicted molar refractivity (Wildman–Crippen MR) is 91.4 cm³/mol. The zero-order chi connectivity index (χ0) is 17.2. The second-order valence-corrected chi connectivity index (χ2v) is 7.21. The molecule has 130 valence electrons.